The van der Waals surface area contributed by atoms with Crippen molar-refractivity contribution < 1.29 is 17.9 Å². The number of alkyl halides is 3. The van der Waals surface area contributed by atoms with Crippen molar-refractivity contribution >= 4 is 11.9 Å². The summed E-state index contributed by atoms with van der Waals surface area (Å²) >= 11 is 1.56. The van der Waals surface area contributed by atoms with Crippen LogP contribution in [0, 0.1) is 17.8 Å². The van der Waals surface area contributed by atoms with E-state index in [0.29, 0.717) is 16.5 Å². The van der Waals surface area contributed by atoms with Gasteiger partial charge in [0, 0.05) is 42.5 Å². The quantitative estimate of drug-likeness (QED) is 0.699. The minimum atomic E-state index is -4.38. The van der Waals surface area contributed by atoms with Crippen LogP contribution in [0.15, 0.2) is 17.0 Å². The van der Waals surface area contributed by atoms with Crippen LogP contribution in [0.1, 0.15) is 37.1 Å². The first-order valence-electron chi connectivity index (χ1n) is 10.1. The lowest BCUT2D eigenvalue weighted by molar-refractivity contribution is -0.215. The van der Waals surface area contributed by atoms with Gasteiger partial charge in [0.25, 0.3) is 0 Å². The molecule has 5 rings (SSSR count). The third-order valence-electron chi connectivity index (χ3n) is 7.09. The van der Waals surface area contributed by atoms with Gasteiger partial charge in [0.15, 0.2) is 0 Å². The van der Waals surface area contributed by atoms with Crippen LogP contribution in [0.25, 0.3) is 0 Å². The number of aryl methyl sites for hydroxylation is 1. The molecule has 1 aromatic rings. The molecule has 4 aliphatic rings. The Labute approximate surface area is 167 Å². The summed E-state index contributed by atoms with van der Waals surface area (Å²) in [6.07, 6.45) is 0.609. The number of piperidine rings is 1. The molecule has 154 valence electrons. The minimum Gasteiger partial charge on any atom is -0.380 e. The molecule has 3 aliphatic heterocycles. The van der Waals surface area contributed by atoms with E-state index in [0.717, 1.165) is 43.3 Å². The van der Waals surface area contributed by atoms with Crippen molar-refractivity contribution in [3.8, 4) is 0 Å². The number of aromatic nitrogens is 1. The van der Waals surface area contributed by atoms with E-state index in [1.807, 2.05) is 0 Å². The Morgan fingerprint density at radius 2 is 1.79 bits per heavy atom. The van der Waals surface area contributed by atoms with Gasteiger partial charge in [-0.05, 0) is 62.1 Å². The molecule has 8 heteroatoms. The van der Waals surface area contributed by atoms with Crippen LogP contribution in [-0.4, -0.2) is 59.6 Å². The first kappa shape index (κ1) is 19.2. The fourth-order valence-electron chi connectivity index (χ4n) is 5.25. The summed E-state index contributed by atoms with van der Waals surface area (Å²) in [5.41, 5.74) is 0.633. The van der Waals surface area contributed by atoms with E-state index in [1.165, 1.54) is 38.8 Å². The van der Waals surface area contributed by atoms with Gasteiger partial charge in [-0.15, -0.1) is 0 Å². The number of hydrogen-bond acceptors (Lipinski definition) is 5. The molecule has 0 amide bonds. The normalized spacial score (nSPS) is 27.4. The monoisotopic (exact) mass is 413 g/mol. The molecule has 0 N–H and O–H groups in total. The fourth-order valence-corrected chi connectivity index (χ4v) is 6.20. The minimum absolute atomic E-state index is 0.454. The van der Waals surface area contributed by atoms with E-state index in [9.17, 15) is 13.2 Å². The van der Waals surface area contributed by atoms with Crippen molar-refractivity contribution in [3.05, 3.63) is 23.5 Å². The number of rotatable bonds is 3. The molecule has 0 atom stereocenters. The molecule has 28 heavy (non-hydrogen) atoms. The fraction of sp³-hybridized carbons (Fsp3) is 0.750. The molecule has 4 nitrogen and oxygen atoms in total. The number of hydrogen-bond donors (Lipinski definition) is 0. The topological polar surface area (TPSA) is 28.6 Å². The van der Waals surface area contributed by atoms with Gasteiger partial charge < -0.3 is 4.74 Å². The summed E-state index contributed by atoms with van der Waals surface area (Å²) in [6, 6.07) is 3.40. The Hall–Kier alpha value is -0.830. The maximum absolute atomic E-state index is 12.8. The Kier molecular flexibility index (Phi) is 4.51. The van der Waals surface area contributed by atoms with Gasteiger partial charge in [0.05, 0.1) is 18.9 Å². The van der Waals surface area contributed by atoms with Crippen LogP contribution in [0.2, 0.25) is 0 Å². The molecular formula is C20H26F3N3OS. The number of likely N-dealkylation sites (tertiary alicyclic amines) is 1. The second-order valence-corrected chi connectivity index (χ2v) is 10.4. The third-order valence-corrected chi connectivity index (χ3v) is 8.34. The van der Waals surface area contributed by atoms with E-state index >= 15 is 0 Å². The highest BCUT2D eigenvalue weighted by Crippen LogP contribution is 2.54. The molecule has 0 radical (unpaired) electrons. The van der Waals surface area contributed by atoms with Crippen LogP contribution in [0.4, 0.5) is 13.2 Å². The van der Waals surface area contributed by atoms with Crippen LogP contribution in [0.3, 0.4) is 0 Å². The van der Waals surface area contributed by atoms with Crippen LogP contribution in [-0.2, 0) is 10.9 Å². The standard InChI is InChI=1S/C20H26F3N3OS/c1-14-16(2-3-17(24-14)20(21,22)23)28-26-6-4-18(5-7-26)8-15(9-18)25-10-19(11-25)12-27-13-19/h2-3,15H,4-13H2,1H3. The van der Waals surface area contributed by atoms with E-state index in [-0.39, 0.29) is 0 Å². The molecule has 1 saturated carbocycles. The zero-order valence-electron chi connectivity index (χ0n) is 16.1. The first-order valence-corrected chi connectivity index (χ1v) is 10.8. The van der Waals surface area contributed by atoms with Crippen molar-refractivity contribution in [3.63, 3.8) is 0 Å². The van der Waals surface area contributed by atoms with Crippen molar-refractivity contribution in [1.29, 1.82) is 0 Å². The zero-order valence-corrected chi connectivity index (χ0v) is 16.9. The number of halogens is 3. The highest BCUT2D eigenvalue weighted by Gasteiger charge is 2.56. The summed E-state index contributed by atoms with van der Waals surface area (Å²) in [7, 11) is 0. The first-order chi connectivity index (χ1) is 13.3. The molecular weight excluding hydrogens is 387 g/mol. The maximum Gasteiger partial charge on any atom is 0.433 e. The summed E-state index contributed by atoms with van der Waals surface area (Å²) in [5, 5.41) is 0. The molecule has 3 saturated heterocycles. The molecule has 2 spiro atoms. The Bertz CT molecular complexity index is 744. The lowest BCUT2D eigenvalue weighted by Gasteiger charge is -2.63. The molecule has 4 heterocycles. The van der Waals surface area contributed by atoms with E-state index in [1.54, 1.807) is 24.9 Å². The largest absolute Gasteiger partial charge is 0.433 e. The maximum atomic E-state index is 12.8. The van der Waals surface area contributed by atoms with Gasteiger partial charge in [0.2, 0.25) is 0 Å². The van der Waals surface area contributed by atoms with Gasteiger partial charge in [0.1, 0.15) is 5.69 Å². The molecule has 0 unspecified atom stereocenters. The molecule has 0 bridgehead atoms. The Morgan fingerprint density at radius 1 is 1.11 bits per heavy atom. The van der Waals surface area contributed by atoms with E-state index in [2.05, 4.69) is 14.2 Å². The van der Waals surface area contributed by atoms with E-state index in [4.69, 9.17) is 4.74 Å². The smallest absolute Gasteiger partial charge is 0.380 e. The lowest BCUT2D eigenvalue weighted by Crippen LogP contribution is -2.70. The summed E-state index contributed by atoms with van der Waals surface area (Å²) in [5.74, 6) is 0. The molecule has 0 aromatic carbocycles. The van der Waals surface area contributed by atoms with Gasteiger partial charge in [-0.1, -0.05) is 0 Å². The van der Waals surface area contributed by atoms with Crippen LogP contribution >= 0.6 is 11.9 Å². The Balaban J connectivity index is 1.10. The number of pyridine rings is 1. The van der Waals surface area contributed by atoms with Crippen molar-refractivity contribution in [1.82, 2.24) is 14.2 Å². The van der Waals surface area contributed by atoms with Gasteiger partial charge in [-0.3, -0.25) is 4.90 Å². The van der Waals surface area contributed by atoms with Gasteiger partial charge in [-0.2, -0.15) is 13.2 Å². The molecule has 4 fully saturated rings. The average Bonchev–Trinajstić information content (AvgIpc) is 2.53. The number of nitrogens with zero attached hydrogens (tertiary/aromatic N) is 3. The van der Waals surface area contributed by atoms with Gasteiger partial charge in [-0.25, -0.2) is 9.29 Å². The van der Waals surface area contributed by atoms with Gasteiger partial charge >= 0.3 is 6.18 Å². The highest BCUT2D eigenvalue weighted by molar-refractivity contribution is 7.97. The average molecular weight is 414 g/mol. The lowest BCUT2D eigenvalue weighted by atomic mass is 9.59. The summed E-state index contributed by atoms with van der Waals surface area (Å²) in [6.45, 7) is 7.99. The SMILES string of the molecule is Cc1nc(C(F)(F)F)ccc1SN1CCC2(CC1)CC(N1CC3(COC3)C1)C2. The summed E-state index contributed by atoms with van der Waals surface area (Å²) < 4.78 is 46.0. The van der Waals surface area contributed by atoms with Crippen LogP contribution in [0.5, 0.6) is 0 Å². The zero-order chi connectivity index (χ0) is 19.6. The number of ether oxygens (including phenoxy) is 1. The predicted octanol–water partition coefficient (Wildman–Crippen LogP) is 3.99. The second-order valence-electron chi connectivity index (χ2n) is 9.26. The second kappa shape index (κ2) is 6.59. The summed E-state index contributed by atoms with van der Waals surface area (Å²) in [4.78, 5) is 7.22. The van der Waals surface area contributed by atoms with Crippen molar-refractivity contribution in [2.75, 3.05) is 39.4 Å². The van der Waals surface area contributed by atoms with Crippen molar-refractivity contribution in [2.45, 2.75) is 49.7 Å². The van der Waals surface area contributed by atoms with E-state index < -0.39 is 11.9 Å². The predicted molar refractivity (Wildman–Crippen MR) is 101 cm³/mol. The van der Waals surface area contributed by atoms with Crippen molar-refractivity contribution in [2.24, 2.45) is 10.8 Å². The third kappa shape index (κ3) is 3.36. The molecule has 1 aliphatic carbocycles. The molecule has 1 aromatic heterocycles. The Morgan fingerprint density at radius 3 is 2.32 bits per heavy atom. The van der Waals surface area contributed by atoms with Crippen LogP contribution < -0.4 is 0 Å². The highest BCUT2D eigenvalue weighted by atomic mass is 32.2.